The molecule has 2 heterocycles. The lowest BCUT2D eigenvalue weighted by Crippen LogP contribution is -2.39. The number of carbonyl (C=O) groups excluding carboxylic acids is 2. The number of para-hydroxylation sites is 1. The van der Waals surface area contributed by atoms with Crippen molar-refractivity contribution in [2.75, 3.05) is 49.6 Å². The van der Waals surface area contributed by atoms with Crippen molar-refractivity contribution in [3.63, 3.8) is 0 Å². The van der Waals surface area contributed by atoms with Gasteiger partial charge in [-0.1, -0.05) is 24.1 Å². The third-order valence-electron chi connectivity index (χ3n) is 4.59. The molecule has 0 unspecified atom stereocenters. The molecule has 0 aliphatic carbocycles. The topological polar surface area (TPSA) is 61.9 Å². The fourth-order valence-electron chi connectivity index (χ4n) is 3.29. The van der Waals surface area contributed by atoms with E-state index in [9.17, 15) is 9.59 Å². The van der Waals surface area contributed by atoms with Crippen LogP contribution >= 0.6 is 11.6 Å². The Balaban J connectivity index is 1.70. The first-order valence-corrected chi connectivity index (χ1v) is 9.22. The van der Waals surface area contributed by atoms with Crippen molar-refractivity contribution in [3.8, 4) is 0 Å². The van der Waals surface area contributed by atoms with Gasteiger partial charge in [-0.2, -0.15) is 0 Å². The van der Waals surface area contributed by atoms with E-state index in [2.05, 4.69) is 10.2 Å². The number of amides is 2. The maximum atomic E-state index is 12.5. The molecule has 7 heteroatoms. The van der Waals surface area contributed by atoms with E-state index in [-0.39, 0.29) is 18.4 Å². The number of nitrogens with zero attached hydrogens (tertiary/aromatic N) is 2. The SMILES string of the molecule is O=C(CN1CCCCCC1=O)Nc1cccc(Cl)c1N1CCOCC1. The molecule has 25 heavy (non-hydrogen) atoms. The summed E-state index contributed by atoms with van der Waals surface area (Å²) in [5.74, 6) is -0.126. The molecule has 1 aromatic rings. The number of hydrogen-bond acceptors (Lipinski definition) is 4. The molecular formula is C18H24ClN3O3. The van der Waals surface area contributed by atoms with Crippen LogP contribution in [0.4, 0.5) is 11.4 Å². The van der Waals surface area contributed by atoms with Crippen LogP contribution in [-0.4, -0.2) is 56.1 Å². The molecule has 0 spiro atoms. The highest BCUT2D eigenvalue weighted by Crippen LogP contribution is 2.34. The summed E-state index contributed by atoms with van der Waals surface area (Å²) in [6, 6.07) is 5.48. The lowest BCUT2D eigenvalue weighted by Gasteiger charge is -2.31. The molecule has 2 saturated heterocycles. The Bertz CT molecular complexity index is 632. The summed E-state index contributed by atoms with van der Waals surface area (Å²) in [6.45, 7) is 3.49. The Kier molecular flexibility index (Phi) is 6.15. The van der Waals surface area contributed by atoms with Gasteiger partial charge in [0.15, 0.2) is 0 Å². The average Bonchev–Trinajstić information content (AvgIpc) is 2.80. The van der Waals surface area contributed by atoms with E-state index in [1.807, 2.05) is 18.2 Å². The van der Waals surface area contributed by atoms with Crippen molar-refractivity contribution in [1.29, 1.82) is 0 Å². The van der Waals surface area contributed by atoms with Gasteiger partial charge in [-0.3, -0.25) is 9.59 Å². The standard InChI is InChI=1S/C18H24ClN3O3/c19-14-5-4-6-15(18(14)21-9-11-25-12-10-21)20-16(23)13-22-8-3-1-2-7-17(22)24/h4-6H,1-3,7-13H2,(H,20,23). The number of hydrogen-bond donors (Lipinski definition) is 1. The summed E-state index contributed by atoms with van der Waals surface area (Å²) in [4.78, 5) is 28.3. The number of anilines is 2. The number of carbonyl (C=O) groups is 2. The van der Waals surface area contributed by atoms with Gasteiger partial charge in [0.2, 0.25) is 11.8 Å². The number of morpholine rings is 1. The molecule has 6 nitrogen and oxygen atoms in total. The van der Waals surface area contributed by atoms with Crippen LogP contribution in [0.15, 0.2) is 18.2 Å². The van der Waals surface area contributed by atoms with Gasteiger partial charge < -0.3 is 19.9 Å². The number of benzene rings is 1. The molecular weight excluding hydrogens is 342 g/mol. The van der Waals surface area contributed by atoms with Crippen LogP contribution in [0.25, 0.3) is 0 Å². The predicted octanol–water partition coefficient (Wildman–Crippen LogP) is 2.52. The normalized spacial score (nSPS) is 18.8. The number of halogens is 1. The lowest BCUT2D eigenvalue weighted by molar-refractivity contribution is -0.134. The minimum Gasteiger partial charge on any atom is -0.378 e. The Morgan fingerprint density at radius 2 is 1.96 bits per heavy atom. The minimum atomic E-state index is -0.188. The first-order chi connectivity index (χ1) is 12.1. The molecule has 2 fully saturated rings. The van der Waals surface area contributed by atoms with E-state index in [0.717, 1.165) is 38.0 Å². The van der Waals surface area contributed by atoms with Crippen molar-refractivity contribution in [3.05, 3.63) is 23.2 Å². The van der Waals surface area contributed by atoms with Crippen molar-refractivity contribution < 1.29 is 14.3 Å². The summed E-state index contributed by atoms with van der Waals surface area (Å²) in [6.07, 6.45) is 3.43. The largest absolute Gasteiger partial charge is 0.378 e. The van der Waals surface area contributed by atoms with Crippen molar-refractivity contribution in [2.24, 2.45) is 0 Å². The summed E-state index contributed by atoms with van der Waals surface area (Å²) in [7, 11) is 0. The van der Waals surface area contributed by atoms with E-state index in [1.54, 1.807) is 4.90 Å². The van der Waals surface area contributed by atoms with Gasteiger partial charge in [0, 0.05) is 26.1 Å². The molecule has 1 N–H and O–H groups in total. The zero-order chi connectivity index (χ0) is 17.6. The smallest absolute Gasteiger partial charge is 0.244 e. The highest BCUT2D eigenvalue weighted by molar-refractivity contribution is 6.34. The van der Waals surface area contributed by atoms with Gasteiger partial charge in [0.25, 0.3) is 0 Å². The number of likely N-dealkylation sites (tertiary alicyclic amines) is 1. The summed E-state index contributed by atoms with van der Waals surface area (Å²) in [5, 5.41) is 3.54. The molecule has 0 bridgehead atoms. The zero-order valence-corrected chi connectivity index (χ0v) is 15.1. The summed E-state index contributed by atoms with van der Waals surface area (Å²) in [5.41, 5.74) is 1.50. The molecule has 0 radical (unpaired) electrons. The van der Waals surface area contributed by atoms with Crippen LogP contribution in [0, 0.1) is 0 Å². The lowest BCUT2D eigenvalue weighted by atomic mass is 10.2. The van der Waals surface area contributed by atoms with E-state index in [1.165, 1.54) is 0 Å². The van der Waals surface area contributed by atoms with Crippen LogP contribution in [-0.2, 0) is 14.3 Å². The third kappa shape index (κ3) is 4.64. The van der Waals surface area contributed by atoms with Gasteiger partial charge in [-0.25, -0.2) is 0 Å². The summed E-state index contributed by atoms with van der Waals surface area (Å²) < 4.78 is 5.39. The van der Waals surface area contributed by atoms with Crippen LogP contribution in [0.3, 0.4) is 0 Å². The quantitative estimate of drug-likeness (QED) is 0.890. The number of ether oxygens (including phenoxy) is 1. The van der Waals surface area contributed by atoms with Gasteiger partial charge in [0.1, 0.15) is 0 Å². The molecule has 2 aliphatic heterocycles. The number of rotatable bonds is 4. The Hall–Kier alpha value is -1.79. The van der Waals surface area contributed by atoms with Crippen molar-refractivity contribution in [1.82, 2.24) is 4.90 Å². The van der Waals surface area contributed by atoms with Gasteiger partial charge in [-0.05, 0) is 25.0 Å². The summed E-state index contributed by atoms with van der Waals surface area (Å²) >= 11 is 6.38. The Morgan fingerprint density at radius 3 is 2.76 bits per heavy atom. The molecule has 2 aliphatic rings. The van der Waals surface area contributed by atoms with Crippen molar-refractivity contribution >= 4 is 34.8 Å². The maximum absolute atomic E-state index is 12.5. The molecule has 0 saturated carbocycles. The monoisotopic (exact) mass is 365 g/mol. The molecule has 1 aromatic carbocycles. The molecule has 2 amide bonds. The van der Waals surface area contributed by atoms with Gasteiger partial charge >= 0.3 is 0 Å². The molecule has 0 atom stereocenters. The second-order valence-electron chi connectivity index (χ2n) is 6.41. The van der Waals surface area contributed by atoms with Crippen LogP contribution in [0.2, 0.25) is 5.02 Å². The molecule has 3 rings (SSSR count). The molecule has 0 aromatic heterocycles. The van der Waals surface area contributed by atoms with Crippen LogP contribution < -0.4 is 10.2 Å². The second-order valence-corrected chi connectivity index (χ2v) is 6.82. The minimum absolute atomic E-state index is 0.0622. The van der Waals surface area contributed by atoms with Crippen LogP contribution in [0.5, 0.6) is 0 Å². The molecule has 136 valence electrons. The zero-order valence-electron chi connectivity index (χ0n) is 14.3. The Labute approximate surface area is 153 Å². The van der Waals surface area contributed by atoms with E-state index in [0.29, 0.717) is 36.9 Å². The van der Waals surface area contributed by atoms with Gasteiger partial charge in [0.05, 0.1) is 36.2 Å². The predicted molar refractivity (Wildman–Crippen MR) is 98.2 cm³/mol. The number of nitrogens with one attached hydrogen (secondary N) is 1. The fourth-order valence-corrected chi connectivity index (χ4v) is 3.59. The van der Waals surface area contributed by atoms with E-state index < -0.39 is 0 Å². The van der Waals surface area contributed by atoms with E-state index in [4.69, 9.17) is 16.3 Å². The maximum Gasteiger partial charge on any atom is 0.244 e. The first-order valence-electron chi connectivity index (χ1n) is 8.84. The fraction of sp³-hybridized carbons (Fsp3) is 0.556. The van der Waals surface area contributed by atoms with Crippen LogP contribution in [0.1, 0.15) is 25.7 Å². The highest BCUT2D eigenvalue weighted by Gasteiger charge is 2.22. The van der Waals surface area contributed by atoms with E-state index >= 15 is 0 Å². The second kappa shape index (κ2) is 8.54. The van der Waals surface area contributed by atoms with Gasteiger partial charge in [-0.15, -0.1) is 0 Å². The van der Waals surface area contributed by atoms with Crippen molar-refractivity contribution in [2.45, 2.75) is 25.7 Å². The first kappa shape index (κ1) is 18.0. The third-order valence-corrected chi connectivity index (χ3v) is 4.90. The Morgan fingerprint density at radius 1 is 1.16 bits per heavy atom. The highest BCUT2D eigenvalue weighted by atomic mass is 35.5. The average molecular weight is 366 g/mol.